The van der Waals surface area contributed by atoms with Gasteiger partial charge in [0, 0.05) is 24.7 Å². The largest absolute Gasteiger partial charge is 0.316 e. The first-order valence-corrected chi connectivity index (χ1v) is 7.63. The molecule has 1 heterocycles. The van der Waals surface area contributed by atoms with Gasteiger partial charge in [0.2, 0.25) is 0 Å². The van der Waals surface area contributed by atoms with Crippen LogP contribution in [-0.4, -0.2) is 22.9 Å². The number of rotatable bonds is 7. The summed E-state index contributed by atoms with van der Waals surface area (Å²) in [6.45, 7) is 8.81. The van der Waals surface area contributed by atoms with Crippen LogP contribution >= 0.6 is 0 Å². The molecule has 1 aromatic heterocycles. The monoisotopic (exact) mass is 289 g/mol. The molecular formula is C17H24FN3. The van der Waals surface area contributed by atoms with Crippen molar-refractivity contribution in [3.8, 4) is 0 Å². The van der Waals surface area contributed by atoms with E-state index in [1.165, 1.54) is 11.8 Å². The van der Waals surface area contributed by atoms with Crippen LogP contribution in [0.5, 0.6) is 0 Å². The number of halogens is 1. The molecule has 1 aromatic carbocycles. The molecule has 1 unspecified atom stereocenters. The number of nitrogens with one attached hydrogen (secondary N) is 1. The summed E-state index contributed by atoms with van der Waals surface area (Å²) in [6, 6.07) is 9.05. The van der Waals surface area contributed by atoms with Gasteiger partial charge in [-0.2, -0.15) is 5.10 Å². The molecule has 0 bridgehead atoms. The van der Waals surface area contributed by atoms with Crippen molar-refractivity contribution in [3.05, 3.63) is 53.1 Å². The van der Waals surface area contributed by atoms with E-state index in [9.17, 15) is 4.39 Å². The Balaban J connectivity index is 2.23. The first kappa shape index (κ1) is 15.7. The quantitative estimate of drug-likeness (QED) is 0.847. The van der Waals surface area contributed by atoms with Gasteiger partial charge in [0.15, 0.2) is 0 Å². The SMILES string of the molecule is CCNCC(Cc1cc(C)nn1CC)c1cccc(F)c1. The number of hydrogen-bond acceptors (Lipinski definition) is 2. The van der Waals surface area contributed by atoms with Gasteiger partial charge >= 0.3 is 0 Å². The Morgan fingerprint density at radius 3 is 2.76 bits per heavy atom. The Morgan fingerprint density at radius 1 is 1.29 bits per heavy atom. The molecule has 1 atom stereocenters. The molecule has 0 amide bonds. The Morgan fingerprint density at radius 2 is 2.10 bits per heavy atom. The van der Waals surface area contributed by atoms with Crippen molar-refractivity contribution in [2.75, 3.05) is 13.1 Å². The fourth-order valence-corrected chi connectivity index (χ4v) is 2.68. The minimum absolute atomic E-state index is 0.172. The van der Waals surface area contributed by atoms with Crippen molar-refractivity contribution in [2.45, 2.75) is 39.7 Å². The van der Waals surface area contributed by atoms with E-state index in [1.807, 2.05) is 17.7 Å². The molecule has 0 saturated heterocycles. The van der Waals surface area contributed by atoms with E-state index in [2.05, 4.69) is 30.3 Å². The summed E-state index contributed by atoms with van der Waals surface area (Å²) in [4.78, 5) is 0. The predicted octanol–water partition coefficient (Wildman–Crippen LogP) is 3.29. The average molecular weight is 289 g/mol. The zero-order valence-corrected chi connectivity index (χ0v) is 13.1. The molecule has 0 spiro atoms. The number of hydrogen-bond donors (Lipinski definition) is 1. The molecule has 1 N–H and O–H groups in total. The maximum Gasteiger partial charge on any atom is 0.123 e. The molecule has 0 radical (unpaired) electrons. The third-order valence-corrected chi connectivity index (χ3v) is 3.70. The number of benzene rings is 1. The molecule has 2 aromatic rings. The third-order valence-electron chi connectivity index (χ3n) is 3.70. The van der Waals surface area contributed by atoms with Crippen molar-refractivity contribution in [3.63, 3.8) is 0 Å². The maximum absolute atomic E-state index is 13.5. The third kappa shape index (κ3) is 4.14. The van der Waals surface area contributed by atoms with Crippen LogP contribution in [0.15, 0.2) is 30.3 Å². The highest BCUT2D eigenvalue weighted by molar-refractivity contribution is 5.24. The highest BCUT2D eigenvalue weighted by atomic mass is 19.1. The molecule has 3 nitrogen and oxygen atoms in total. The van der Waals surface area contributed by atoms with E-state index in [-0.39, 0.29) is 11.7 Å². The van der Waals surface area contributed by atoms with Crippen LogP contribution < -0.4 is 5.32 Å². The molecule has 0 aliphatic rings. The zero-order chi connectivity index (χ0) is 15.2. The van der Waals surface area contributed by atoms with Crippen LogP contribution in [0.4, 0.5) is 4.39 Å². The first-order chi connectivity index (χ1) is 10.1. The van der Waals surface area contributed by atoms with Crippen molar-refractivity contribution in [1.29, 1.82) is 0 Å². The predicted molar refractivity (Wildman–Crippen MR) is 84.0 cm³/mol. The second-order valence-corrected chi connectivity index (χ2v) is 5.36. The zero-order valence-electron chi connectivity index (χ0n) is 13.1. The van der Waals surface area contributed by atoms with Crippen molar-refractivity contribution < 1.29 is 4.39 Å². The van der Waals surface area contributed by atoms with Crippen LogP contribution in [0.3, 0.4) is 0 Å². The summed E-state index contributed by atoms with van der Waals surface area (Å²) in [7, 11) is 0. The Bertz CT molecular complexity index is 577. The number of nitrogens with zero attached hydrogens (tertiary/aromatic N) is 2. The van der Waals surface area contributed by atoms with Crippen molar-refractivity contribution >= 4 is 0 Å². The molecular weight excluding hydrogens is 265 g/mol. The smallest absolute Gasteiger partial charge is 0.123 e. The fourth-order valence-electron chi connectivity index (χ4n) is 2.68. The highest BCUT2D eigenvalue weighted by Gasteiger charge is 2.16. The van der Waals surface area contributed by atoms with E-state index in [0.29, 0.717) is 0 Å². The van der Waals surface area contributed by atoms with Gasteiger partial charge in [0.1, 0.15) is 5.82 Å². The van der Waals surface area contributed by atoms with Gasteiger partial charge in [-0.3, -0.25) is 4.68 Å². The van der Waals surface area contributed by atoms with Crippen LogP contribution in [0.2, 0.25) is 0 Å². The lowest BCUT2D eigenvalue weighted by Crippen LogP contribution is -2.23. The molecule has 114 valence electrons. The topological polar surface area (TPSA) is 29.9 Å². The minimum Gasteiger partial charge on any atom is -0.316 e. The van der Waals surface area contributed by atoms with E-state index in [0.717, 1.165) is 37.3 Å². The highest BCUT2D eigenvalue weighted by Crippen LogP contribution is 2.22. The Labute approximate surface area is 126 Å². The molecule has 0 fully saturated rings. The van der Waals surface area contributed by atoms with Crippen LogP contribution in [0, 0.1) is 12.7 Å². The minimum atomic E-state index is -0.172. The summed E-state index contributed by atoms with van der Waals surface area (Å²) < 4.78 is 15.5. The van der Waals surface area contributed by atoms with E-state index < -0.39 is 0 Å². The number of aromatic nitrogens is 2. The van der Waals surface area contributed by atoms with Crippen LogP contribution in [0.1, 0.15) is 36.7 Å². The second-order valence-electron chi connectivity index (χ2n) is 5.36. The summed E-state index contributed by atoms with van der Waals surface area (Å²) >= 11 is 0. The average Bonchev–Trinajstić information content (AvgIpc) is 2.83. The van der Waals surface area contributed by atoms with E-state index >= 15 is 0 Å². The Kier molecular flexibility index (Phi) is 5.51. The van der Waals surface area contributed by atoms with E-state index in [4.69, 9.17) is 0 Å². The lowest BCUT2D eigenvalue weighted by Gasteiger charge is -2.18. The fraction of sp³-hybridized carbons (Fsp3) is 0.471. The lowest BCUT2D eigenvalue weighted by atomic mass is 9.93. The molecule has 0 saturated carbocycles. The summed E-state index contributed by atoms with van der Waals surface area (Å²) in [5, 5.41) is 7.87. The molecule has 4 heteroatoms. The molecule has 0 aliphatic carbocycles. The van der Waals surface area contributed by atoms with Gasteiger partial charge in [-0.25, -0.2) is 4.39 Å². The Hall–Kier alpha value is -1.68. The van der Waals surface area contributed by atoms with Gasteiger partial charge in [0.25, 0.3) is 0 Å². The standard InChI is InChI=1S/C17H24FN3/c1-4-19-12-15(14-7-6-8-16(18)10-14)11-17-9-13(3)20-21(17)5-2/h6-10,15,19H,4-5,11-12H2,1-3H3. The van der Waals surface area contributed by atoms with Crippen LogP contribution in [0.25, 0.3) is 0 Å². The van der Waals surface area contributed by atoms with Gasteiger partial charge in [-0.15, -0.1) is 0 Å². The summed E-state index contributed by atoms with van der Waals surface area (Å²) in [6.07, 6.45) is 0.866. The van der Waals surface area contributed by atoms with Gasteiger partial charge in [-0.05, 0) is 50.6 Å². The van der Waals surface area contributed by atoms with E-state index in [1.54, 1.807) is 12.1 Å². The van der Waals surface area contributed by atoms with Crippen molar-refractivity contribution in [2.24, 2.45) is 0 Å². The maximum atomic E-state index is 13.5. The van der Waals surface area contributed by atoms with Gasteiger partial charge < -0.3 is 5.32 Å². The number of aryl methyl sites for hydroxylation is 2. The molecule has 21 heavy (non-hydrogen) atoms. The summed E-state index contributed by atoms with van der Waals surface area (Å²) in [5.74, 6) is 0.0798. The first-order valence-electron chi connectivity index (χ1n) is 7.63. The normalized spacial score (nSPS) is 12.6. The second kappa shape index (κ2) is 7.36. The number of likely N-dealkylation sites (N-methyl/N-ethyl adjacent to an activating group) is 1. The van der Waals surface area contributed by atoms with Gasteiger partial charge in [0.05, 0.1) is 5.69 Å². The van der Waals surface area contributed by atoms with Crippen molar-refractivity contribution in [1.82, 2.24) is 15.1 Å². The molecule has 2 rings (SSSR count). The van der Waals surface area contributed by atoms with Gasteiger partial charge in [-0.1, -0.05) is 19.1 Å². The van der Waals surface area contributed by atoms with Crippen LogP contribution in [-0.2, 0) is 13.0 Å². The molecule has 0 aliphatic heterocycles. The lowest BCUT2D eigenvalue weighted by molar-refractivity contribution is 0.546. The summed E-state index contributed by atoms with van der Waals surface area (Å²) in [5.41, 5.74) is 3.29.